The van der Waals surface area contributed by atoms with Crippen molar-refractivity contribution in [1.29, 1.82) is 0 Å². The van der Waals surface area contributed by atoms with E-state index in [9.17, 15) is 4.79 Å². The zero-order chi connectivity index (χ0) is 8.69. The van der Waals surface area contributed by atoms with Crippen molar-refractivity contribution in [1.82, 2.24) is 0 Å². The average molecular weight is 154 g/mol. The standard InChI is InChI=1S/C9H14O2/c1-3-9(11)5-4-8(2)6-7-10/h4-5,10H,2-3,6-7H2,1H3/b5-4+. The molecule has 0 aromatic rings. The lowest BCUT2D eigenvalue weighted by atomic mass is 10.2. The maximum absolute atomic E-state index is 10.7. The molecule has 0 heterocycles. The summed E-state index contributed by atoms with van der Waals surface area (Å²) >= 11 is 0. The van der Waals surface area contributed by atoms with E-state index < -0.39 is 0 Å². The van der Waals surface area contributed by atoms with Gasteiger partial charge in [0.2, 0.25) is 0 Å². The van der Waals surface area contributed by atoms with Gasteiger partial charge in [-0.1, -0.05) is 25.2 Å². The Bertz CT molecular complexity index is 168. The highest BCUT2D eigenvalue weighted by atomic mass is 16.2. The lowest BCUT2D eigenvalue weighted by Gasteiger charge is -1.92. The lowest BCUT2D eigenvalue weighted by Crippen LogP contribution is -1.89. The second kappa shape index (κ2) is 5.86. The summed E-state index contributed by atoms with van der Waals surface area (Å²) in [5.74, 6) is 0.0871. The van der Waals surface area contributed by atoms with Crippen LogP contribution in [0.3, 0.4) is 0 Å². The minimum absolute atomic E-state index is 0.0868. The molecule has 0 amide bonds. The molecule has 0 fully saturated rings. The van der Waals surface area contributed by atoms with Gasteiger partial charge >= 0.3 is 0 Å². The van der Waals surface area contributed by atoms with E-state index in [1.165, 1.54) is 6.08 Å². The van der Waals surface area contributed by atoms with Gasteiger partial charge in [0.25, 0.3) is 0 Å². The third-order valence-electron chi connectivity index (χ3n) is 1.29. The quantitative estimate of drug-likeness (QED) is 0.481. The molecule has 0 saturated heterocycles. The molecule has 11 heavy (non-hydrogen) atoms. The van der Waals surface area contributed by atoms with Gasteiger partial charge in [0.05, 0.1) is 0 Å². The molecule has 2 nitrogen and oxygen atoms in total. The van der Waals surface area contributed by atoms with Crippen LogP contribution in [0.1, 0.15) is 19.8 Å². The van der Waals surface area contributed by atoms with Crippen LogP contribution in [-0.4, -0.2) is 17.5 Å². The summed E-state index contributed by atoms with van der Waals surface area (Å²) in [6, 6.07) is 0. The van der Waals surface area contributed by atoms with Crippen LogP contribution in [0.5, 0.6) is 0 Å². The number of aliphatic hydroxyl groups excluding tert-OH is 1. The van der Waals surface area contributed by atoms with E-state index in [-0.39, 0.29) is 12.4 Å². The number of carbonyl (C=O) groups is 1. The first kappa shape index (κ1) is 10.1. The summed E-state index contributed by atoms with van der Waals surface area (Å²) in [5, 5.41) is 8.48. The second-order valence-corrected chi connectivity index (χ2v) is 2.29. The molecule has 0 aromatic carbocycles. The van der Waals surface area contributed by atoms with Crippen molar-refractivity contribution in [3.05, 3.63) is 24.3 Å². The Labute approximate surface area is 67.2 Å². The highest BCUT2D eigenvalue weighted by Crippen LogP contribution is 1.98. The number of carbonyl (C=O) groups excluding carboxylic acids is 1. The van der Waals surface area contributed by atoms with Crippen LogP contribution in [-0.2, 0) is 4.79 Å². The largest absolute Gasteiger partial charge is 0.396 e. The van der Waals surface area contributed by atoms with Gasteiger partial charge in [0.15, 0.2) is 5.78 Å². The van der Waals surface area contributed by atoms with Crippen LogP contribution in [0.2, 0.25) is 0 Å². The Hall–Kier alpha value is -0.890. The molecular formula is C9H14O2. The highest BCUT2D eigenvalue weighted by molar-refractivity contribution is 5.89. The fraction of sp³-hybridized carbons (Fsp3) is 0.444. The van der Waals surface area contributed by atoms with E-state index in [4.69, 9.17) is 5.11 Å². The van der Waals surface area contributed by atoms with Gasteiger partial charge in [-0.2, -0.15) is 0 Å². The zero-order valence-corrected chi connectivity index (χ0v) is 6.84. The van der Waals surface area contributed by atoms with Crippen molar-refractivity contribution in [3.63, 3.8) is 0 Å². The van der Waals surface area contributed by atoms with E-state index >= 15 is 0 Å². The van der Waals surface area contributed by atoms with Crippen LogP contribution in [0.25, 0.3) is 0 Å². The van der Waals surface area contributed by atoms with Gasteiger partial charge in [-0.15, -0.1) is 0 Å². The number of hydrogen-bond donors (Lipinski definition) is 1. The van der Waals surface area contributed by atoms with Crippen LogP contribution in [0.4, 0.5) is 0 Å². The zero-order valence-electron chi connectivity index (χ0n) is 6.84. The SMILES string of the molecule is C=C(/C=C/C(=O)CC)CCO. The van der Waals surface area contributed by atoms with Crippen molar-refractivity contribution in [3.8, 4) is 0 Å². The molecule has 0 radical (unpaired) electrons. The Balaban J connectivity index is 3.73. The molecule has 0 saturated carbocycles. The van der Waals surface area contributed by atoms with E-state index in [0.29, 0.717) is 12.8 Å². The number of rotatable bonds is 5. The molecule has 0 aliphatic rings. The maximum atomic E-state index is 10.7. The second-order valence-electron chi connectivity index (χ2n) is 2.29. The van der Waals surface area contributed by atoms with Gasteiger partial charge in [-0.3, -0.25) is 4.79 Å². The Morgan fingerprint density at radius 3 is 2.64 bits per heavy atom. The van der Waals surface area contributed by atoms with Crippen LogP contribution in [0, 0.1) is 0 Å². The average Bonchev–Trinajstić information content (AvgIpc) is 2.01. The third kappa shape index (κ3) is 5.55. The van der Waals surface area contributed by atoms with E-state index in [2.05, 4.69) is 6.58 Å². The minimum atomic E-state index is 0.0868. The van der Waals surface area contributed by atoms with Gasteiger partial charge < -0.3 is 5.11 Å². The van der Waals surface area contributed by atoms with E-state index in [0.717, 1.165) is 5.57 Å². The highest BCUT2D eigenvalue weighted by Gasteiger charge is 1.90. The lowest BCUT2D eigenvalue weighted by molar-refractivity contribution is -0.114. The molecule has 0 aliphatic carbocycles. The molecule has 0 spiro atoms. The first-order valence-corrected chi connectivity index (χ1v) is 3.70. The molecule has 2 heteroatoms. The van der Waals surface area contributed by atoms with Gasteiger partial charge in [0, 0.05) is 13.0 Å². The summed E-state index contributed by atoms with van der Waals surface area (Å²) in [5.41, 5.74) is 0.786. The summed E-state index contributed by atoms with van der Waals surface area (Å²) in [6.45, 7) is 5.55. The first-order chi connectivity index (χ1) is 5.20. The molecule has 0 aromatic heterocycles. The molecule has 0 unspecified atom stereocenters. The third-order valence-corrected chi connectivity index (χ3v) is 1.29. The van der Waals surface area contributed by atoms with Gasteiger partial charge in [-0.25, -0.2) is 0 Å². The van der Waals surface area contributed by atoms with Crippen molar-refractivity contribution >= 4 is 5.78 Å². The van der Waals surface area contributed by atoms with Crippen LogP contribution >= 0.6 is 0 Å². The Kier molecular flexibility index (Phi) is 5.39. The fourth-order valence-electron chi connectivity index (χ4n) is 0.556. The Morgan fingerprint density at radius 1 is 1.55 bits per heavy atom. The number of allylic oxidation sites excluding steroid dienone is 2. The molecule has 0 aliphatic heterocycles. The smallest absolute Gasteiger partial charge is 0.155 e. The van der Waals surface area contributed by atoms with Crippen molar-refractivity contribution in [2.75, 3.05) is 6.61 Å². The summed E-state index contributed by atoms with van der Waals surface area (Å²) in [4.78, 5) is 10.7. The molecule has 0 bridgehead atoms. The van der Waals surface area contributed by atoms with Gasteiger partial charge in [0.1, 0.15) is 0 Å². The first-order valence-electron chi connectivity index (χ1n) is 3.70. The number of hydrogen-bond acceptors (Lipinski definition) is 2. The predicted molar refractivity (Wildman–Crippen MR) is 45.3 cm³/mol. The topological polar surface area (TPSA) is 37.3 Å². The van der Waals surface area contributed by atoms with E-state index in [1.54, 1.807) is 6.08 Å². The van der Waals surface area contributed by atoms with E-state index in [1.807, 2.05) is 6.92 Å². The molecule has 0 rings (SSSR count). The normalized spacial score (nSPS) is 10.4. The van der Waals surface area contributed by atoms with Gasteiger partial charge in [-0.05, 0) is 12.5 Å². The van der Waals surface area contributed by atoms with Crippen LogP contribution in [0.15, 0.2) is 24.3 Å². The summed E-state index contributed by atoms with van der Waals surface area (Å²) < 4.78 is 0. The summed E-state index contributed by atoms with van der Waals surface area (Å²) in [6.07, 6.45) is 4.20. The van der Waals surface area contributed by atoms with Crippen molar-refractivity contribution in [2.24, 2.45) is 0 Å². The Morgan fingerprint density at radius 2 is 2.18 bits per heavy atom. The summed E-state index contributed by atoms with van der Waals surface area (Å²) in [7, 11) is 0. The van der Waals surface area contributed by atoms with Crippen molar-refractivity contribution < 1.29 is 9.90 Å². The molecule has 1 N–H and O–H groups in total. The molecular weight excluding hydrogens is 140 g/mol. The monoisotopic (exact) mass is 154 g/mol. The fourth-order valence-corrected chi connectivity index (χ4v) is 0.556. The maximum Gasteiger partial charge on any atom is 0.155 e. The van der Waals surface area contributed by atoms with Crippen LogP contribution < -0.4 is 0 Å². The molecule has 62 valence electrons. The number of aliphatic hydroxyl groups is 1. The predicted octanol–water partition coefficient (Wildman–Crippen LogP) is 1.46. The van der Waals surface area contributed by atoms with Crippen molar-refractivity contribution in [2.45, 2.75) is 19.8 Å². The molecule has 0 atom stereocenters. The minimum Gasteiger partial charge on any atom is -0.396 e. The number of ketones is 1.